The van der Waals surface area contributed by atoms with Crippen molar-refractivity contribution in [3.05, 3.63) is 113 Å². The van der Waals surface area contributed by atoms with Crippen molar-refractivity contribution in [1.82, 2.24) is 0 Å². The first-order chi connectivity index (χ1) is 19.1. The SMILES string of the molecule is COc1ccc(N(CC(=O)Nc2ccc(Cl)cc2C(=O)c2ccccc2)S(=O)(=O)c2ccc(C)cc2)c(OC)c1. The number of ether oxygens (including phenoxy) is 2. The number of sulfonamides is 1. The first kappa shape index (κ1) is 28.7. The van der Waals surface area contributed by atoms with Gasteiger partial charge in [0, 0.05) is 22.2 Å². The Morgan fingerprint density at radius 2 is 1.57 bits per heavy atom. The number of benzene rings is 4. The van der Waals surface area contributed by atoms with Crippen LogP contribution in [0, 0.1) is 6.92 Å². The Hall–Kier alpha value is -4.34. The number of anilines is 2. The van der Waals surface area contributed by atoms with Crippen molar-refractivity contribution in [1.29, 1.82) is 0 Å². The van der Waals surface area contributed by atoms with E-state index in [1.54, 1.807) is 48.5 Å². The molecule has 0 atom stereocenters. The second kappa shape index (κ2) is 12.2. The predicted octanol–water partition coefficient (Wildman–Crippen LogP) is 5.73. The van der Waals surface area contributed by atoms with Crippen molar-refractivity contribution in [3.63, 3.8) is 0 Å². The lowest BCUT2D eigenvalue weighted by Gasteiger charge is -2.26. The molecule has 8 nitrogen and oxygen atoms in total. The molecule has 4 rings (SSSR count). The van der Waals surface area contributed by atoms with Crippen molar-refractivity contribution in [2.45, 2.75) is 11.8 Å². The van der Waals surface area contributed by atoms with Crippen LogP contribution in [0.5, 0.6) is 11.5 Å². The van der Waals surface area contributed by atoms with E-state index in [1.165, 1.54) is 56.7 Å². The van der Waals surface area contributed by atoms with Gasteiger partial charge in [0.15, 0.2) is 5.78 Å². The number of ketones is 1. The summed E-state index contributed by atoms with van der Waals surface area (Å²) in [5, 5.41) is 3.00. The van der Waals surface area contributed by atoms with Crippen molar-refractivity contribution in [3.8, 4) is 11.5 Å². The number of carbonyl (C=O) groups excluding carboxylic acids is 2. The van der Waals surface area contributed by atoms with Crippen LogP contribution < -0.4 is 19.1 Å². The fourth-order valence-corrected chi connectivity index (χ4v) is 5.61. The molecule has 0 aliphatic rings. The third kappa shape index (κ3) is 6.27. The summed E-state index contributed by atoms with van der Waals surface area (Å²) in [6, 6.07) is 23.9. The summed E-state index contributed by atoms with van der Waals surface area (Å²) in [7, 11) is -1.35. The van der Waals surface area contributed by atoms with Crippen molar-refractivity contribution < 1.29 is 27.5 Å². The van der Waals surface area contributed by atoms with Gasteiger partial charge in [-0.1, -0.05) is 59.6 Å². The molecule has 0 fully saturated rings. The zero-order chi connectivity index (χ0) is 28.9. The second-order valence-electron chi connectivity index (χ2n) is 8.80. The van der Waals surface area contributed by atoms with E-state index >= 15 is 0 Å². The first-order valence-electron chi connectivity index (χ1n) is 12.1. The largest absolute Gasteiger partial charge is 0.497 e. The predicted molar refractivity (Wildman–Crippen MR) is 155 cm³/mol. The summed E-state index contributed by atoms with van der Waals surface area (Å²) in [5.41, 5.74) is 1.78. The molecular weight excluding hydrogens is 552 g/mol. The molecule has 0 saturated heterocycles. The van der Waals surface area contributed by atoms with E-state index in [1.807, 2.05) is 6.92 Å². The Labute approximate surface area is 238 Å². The molecule has 0 aromatic heterocycles. The van der Waals surface area contributed by atoms with E-state index in [0.29, 0.717) is 16.3 Å². The van der Waals surface area contributed by atoms with E-state index < -0.39 is 22.5 Å². The van der Waals surface area contributed by atoms with Gasteiger partial charge in [0.2, 0.25) is 5.91 Å². The van der Waals surface area contributed by atoms with E-state index in [-0.39, 0.29) is 33.4 Å². The number of aryl methyl sites for hydroxylation is 1. The van der Waals surface area contributed by atoms with Gasteiger partial charge in [-0.25, -0.2) is 8.42 Å². The monoisotopic (exact) mass is 578 g/mol. The number of halogens is 1. The molecule has 0 saturated carbocycles. The summed E-state index contributed by atoms with van der Waals surface area (Å²) >= 11 is 6.17. The van der Waals surface area contributed by atoms with Crippen LogP contribution in [0.2, 0.25) is 5.02 Å². The summed E-state index contributed by atoms with van der Waals surface area (Å²) in [5.74, 6) is -0.394. The molecule has 1 N–H and O–H groups in total. The van der Waals surface area contributed by atoms with Crippen molar-refractivity contribution >= 4 is 44.7 Å². The van der Waals surface area contributed by atoms with Gasteiger partial charge >= 0.3 is 0 Å². The number of rotatable bonds is 10. The van der Waals surface area contributed by atoms with Gasteiger partial charge < -0.3 is 14.8 Å². The molecule has 10 heteroatoms. The molecule has 206 valence electrons. The molecule has 0 heterocycles. The van der Waals surface area contributed by atoms with E-state index in [9.17, 15) is 18.0 Å². The number of nitrogens with zero attached hydrogens (tertiary/aromatic N) is 1. The quantitative estimate of drug-likeness (QED) is 0.241. The second-order valence-corrected chi connectivity index (χ2v) is 11.1. The fourth-order valence-electron chi connectivity index (χ4n) is 4.01. The molecule has 4 aromatic rings. The molecule has 0 bridgehead atoms. The first-order valence-corrected chi connectivity index (χ1v) is 14.0. The minimum absolute atomic E-state index is 0.00444. The minimum Gasteiger partial charge on any atom is -0.497 e. The zero-order valence-corrected chi connectivity index (χ0v) is 23.6. The molecule has 1 amide bonds. The molecule has 0 aliphatic heterocycles. The lowest BCUT2D eigenvalue weighted by Crippen LogP contribution is -2.38. The summed E-state index contributed by atoms with van der Waals surface area (Å²) in [4.78, 5) is 26.6. The Morgan fingerprint density at radius 1 is 0.875 bits per heavy atom. The van der Waals surface area contributed by atoms with E-state index in [4.69, 9.17) is 21.1 Å². The Balaban J connectivity index is 1.73. The number of amides is 1. The van der Waals surface area contributed by atoms with E-state index in [2.05, 4.69) is 5.32 Å². The number of hydrogen-bond acceptors (Lipinski definition) is 6. The van der Waals surface area contributed by atoms with Gasteiger partial charge in [-0.3, -0.25) is 13.9 Å². The smallest absolute Gasteiger partial charge is 0.264 e. The molecular formula is C30H27ClN2O6S. The van der Waals surface area contributed by atoms with E-state index in [0.717, 1.165) is 9.87 Å². The van der Waals surface area contributed by atoms with Gasteiger partial charge in [-0.2, -0.15) is 0 Å². The average Bonchev–Trinajstić information content (AvgIpc) is 2.96. The number of hydrogen-bond donors (Lipinski definition) is 1. The average molecular weight is 579 g/mol. The number of nitrogens with one attached hydrogen (secondary N) is 1. The van der Waals surface area contributed by atoms with Gasteiger partial charge in [0.25, 0.3) is 10.0 Å². The molecule has 0 aliphatic carbocycles. The topological polar surface area (TPSA) is 102 Å². The minimum atomic E-state index is -4.22. The Bertz CT molecular complexity index is 1640. The highest BCUT2D eigenvalue weighted by Crippen LogP contribution is 2.35. The van der Waals surface area contributed by atoms with Crippen LogP contribution in [-0.2, 0) is 14.8 Å². The lowest BCUT2D eigenvalue weighted by atomic mass is 10.0. The van der Waals surface area contributed by atoms with Crippen LogP contribution in [-0.4, -0.2) is 40.9 Å². The third-order valence-corrected chi connectivity index (χ3v) is 8.10. The highest BCUT2D eigenvalue weighted by molar-refractivity contribution is 7.92. The summed E-state index contributed by atoms with van der Waals surface area (Å²) in [6.45, 7) is 1.23. The van der Waals surface area contributed by atoms with Crippen LogP contribution in [0.1, 0.15) is 21.5 Å². The maximum Gasteiger partial charge on any atom is 0.264 e. The highest BCUT2D eigenvalue weighted by atomic mass is 35.5. The molecule has 40 heavy (non-hydrogen) atoms. The maximum absolute atomic E-state index is 13.8. The van der Waals surface area contributed by atoms with Crippen LogP contribution in [0.3, 0.4) is 0 Å². The van der Waals surface area contributed by atoms with Crippen LogP contribution in [0.25, 0.3) is 0 Å². The van der Waals surface area contributed by atoms with Crippen LogP contribution in [0.4, 0.5) is 11.4 Å². The van der Waals surface area contributed by atoms with Crippen molar-refractivity contribution in [2.75, 3.05) is 30.4 Å². The van der Waals surface area contributed by atoms with Crippen LogP contribution >= 0.6 is 11.6 Å². The number of carbonyl (C=O) groups is 2. The molecule has 0 unspecified atom stereocenters. The third-order valence-electron chi connectivity index (χ3n) is 6.09. The molecule has 0 radical (unpaired) electrons. The summed E-state index contributed by atoms with van der Waals surface area (Å²) < 4.78 is 39.4. The maximum atomic E-state index is 13.8. The summed E-state index contributed by atoms with van der Waals surface area (Å²) in [6.07, 6.45) is 0. The lowest BCUT2D eigenvalue weighted by molar-refractivity contribution is -0.114. The van der Waals surface area contributed by atoms with Gasteiger partial charge in [0.1, 0.15) is 18.0 Å². The Morgan fingerprint density at radius 3 is 2.23 bits per heavy atom. The number of methoxy groups -OCH3 is 2. The molecule has 0 spiro atoms. The van der Waals surface area contributed by atoms with Gasteiger partial charge in [0.05, 0.1) is 30.5 Å². The molecule has 4 aromatic carbocycles. The normalized spacial score (nSPS) is 11.0. The highest BCUT2D eigenvalue weighted by Gasteiger charge is 2.30. The van der Waals surface area contributed by atoms with Crippen molar-refractivity contribution in [2.24, 2.45) is 0 Å². The fraction of sp³-hybridized carbons (Fsp3) is 0.133. The zero-order valence-electron chi connectivity index (χ0n) is 22.1. The van der Waals surface area contributed by atoms with Gasteiger partial charge in [-0.15, -0.1) is 0 Å². The standard InChI is InChI=1S/C30H27ClN2O6S/c1-20-9-13-24(14-10-20)40(36,37)33(27-16-12-23(38-2)18-28(27)39-3)19-29(34)32-26-15-11-22(31)17-25(26)30(35)21-7-5-4-6-8-21/h4-18H,19H2,1-3H3,(H,32,34). The van der Waals surface area contributed by atoms with Gasteiger partial charge in [-0.05, 0) is 49.4 Å². The Kier molecular flexibility index (Phi) is 8.77. The van der Waals surface area contributed by atoms with Crippen LogP contribution in [0.15, 0.2) is 95.9 Å².